The van der Waals surface area contributed by atoms with Crippen molar-refractivity contribution in [2.75, 3.05) is 0 Å². The highest BCUT2D eigenvalue weighted by molar-refractivity contribution is 5.94. The molecule has 2 aliphatic rings. The molecule has 12 heterocycles. The Kier molecular flexibility index (Phi) is 24.4. The van der Waals surface area contributed by atoms with E-state index in [4.69, 9.17) is 41.0 Å². The Morgan fingerprint density at radius 1 is 0.421 bits per heavy atom. The lowest BCUT2D eigenvalue weighted by molar-refractivity contribution is 0.0995. The normalized spacial score (nSPS) is 12.5. The molecular formula is C105H96F3N23O2. The SMILES string of the molecule is Cc1cc(F)cc(CCc2nc(-c3ccc4ncc(C(N)=O)nc4c3)c(-c3ccn(C4CC4)n3)[nH]2)c1.Cc1cc(F)cc(CCc2nc(-c3ccc4ncn(C)c(=O)c4c3)c(-c3ccn(C4CC4)n3)[nH]2)c1.Cc1cccc(CCc2nc(-c3ccc4ncccc4c3)c(-c3ccn(C(C)C)n3)[nH]2)c1.Cn1ccc(-c2[nH]c(CCc3ccccc3F)nc2-c2ccc3ncccc3c2)n1. The molecule has 2 saturated carbocycles. The standard InChI is InChI=1S/C27H24FN7O.C27H25FN6O.C27H27N5.C24H20FN5/c1-15-10-16(12-18(28)11-15)2-7-24-32-25(26(33-24)21-8-9-35(34-21)19-4-5-19)17-3-6-20-22(13-17)31-23(14-30-20)27(29)36;1-16-11-17(13-19(28)12-16)3-8-24-30-25(26(31-24)23-9-10-34(32-23)20-5-6-20)18-4-7-22-21(14-18)27(35)33(2)15-29-22;1-18(2)32-15-13-24(31-32)27-26(22-10-11-23-21(17-22)8-5-14-28-23)29-25(30-27)12-9-20-7-4-6-19(3)16-20;1-30-14-12-21(29-30)24-23(18-8-10-20-17(15-18)6-4-13-26-20)27-22(28-24)11-9-16-5-2-3-7-19(16)25/h3,6,8-14,19H,2,4-5,7H2,1H3,(H2,29,36)(H,32,33);4,7,9-15,20H,3,5-6,8H2,1-2H3,(H,30,31);4-8,10-11,13-18H,9,12H2,1-3H3,(H,29,30);2-8,10,12-15H,9,11H2,1H3,(H,27,28). The summed E-state index contributed by atoms with van der Waals surface area (Å²) in [6.07, 6.45) is 24.5. The van der Waals surface area contributed by atoms with Crippen molar-refractivity contribution in [2.24, 2.45) is 19.8 Å². The number of aryl methyl sites for hydroxylation is 13. The van der Waals surface area contributed by atoms with Crippen molar-refractivity contribution in [2.45, 2.75) is 130 Å². The number of rotatable bonds is 24. The van der Waals surface area contributed by atoms with Crippen LogP contribution in [0.1, 0.15) is 130 Å². The number of aromatic amines is 4. The smallest absolute Gasteiger partial charge is 0.268 e. The summed E-state index contributed by atoms with van der Waals surface area (Å²) in [5.41, 5.74) is 29.9. The van der Waals surface area contributed by atoms with Gasteiger partial charge in [-0.1, -0.05) is 96.6 Å². The summed E-state index contributed by atoms with van der Waals surface area (Å²) in [6.45, 7) is 10.2. The second kappa shape index (κ2) is 37.6. The Bertz CT molecular complexity index is 7720. The maximum absolute atomic E-state index is 14.0. The first-order valence-electron chi connectivity index (χ1n) is 44.7. The van der Waals surface area contributed by atoms with Crippen LogP contribution in [-0.4, -0.2) is 114 Å². The number of nitrogens with zero attached hydrogens (tertiary/aromatic N) is 18. The van der Waals surface area contributed by atoms with Crippen molar-refractivity contribution in [3.8, 4) is 90.6 Å². The maximum atomic E-state index is 14.0. The van der Waals surface area contributed by atoms with Gasteiger partial charge in [-0.05, 0) is 235 Å². The molecule has 28 heteroatoms. The van der Waals surface area contributed by atoms with Gasteiger partial charge in [0.2, 0.25) is 0 Å². The number of H-pyrrole nitrogens is 4. The second-order valence-corrected chi connectivity index (χ2v) is 34.5. The van der Waals surface area contributed by atoms with Crippen LogP contribution in [0.25, 0.3) is 134 Å². The quantitative estimate of drug-likeness (QED) is 0.0375. The van der Waals surface area contributed by atoms with E-state index in [1.807, 2.05) is 175 Å². The van der Waals surface area contributed by atoms with Crippen LogP contribution in [0.5, 0.6) is 0 Å². The van der Waals surface area contributed by atoms with Gasteiger partial charge in [0.05, 0.1) is 103 Å². The van der Waals surface area contributed by atoms with E-state index in [0.717, 1.165) is 196 Å². The highest BCUT2D eigenvalue weighted by Crippen LogP contribution is 2.41. The van der Waals surface area contributed by atoms with Crippen molar-refractivity contribution in [3.63, 3.8) is 0 Å². The number of primary amides is 1. The van der Waals surface area contributed by atoms with E-state index in [9.17, 15) is 22.8 Å². The lowest BCUT2D eigenvalue weighted by Gasteiger charge is -2.05. The maximum Gasteiger partial charge on any atom is 0.268 e. The van der Waals surface area contributed by atoms with Crippen LogP contribution in [0.4, 0.5) is 13.2 Å². The number of carbonyl (C=O) groups excluding carboxylic acids is 1. The molecule has 2 aliphatic carbocycles. The highest BCUT2D eigenvalue weighted by Gasteiger charge is 2.29. The summed E-state index contributed by atoms with van der Waals surface area (Å²) in [7, 11) is 3.58. The first-order valence-corrected chi connectivity index (χ1v) is 44.7. The van der Waals surface area contributed by atoms with Gasteiger partial charge >= 0.3 is 0 Å². The monoisotopic (exact) mass is 1770 g/mol. The number of hydrogen-bond acceptors (Lipinski definition) is 15. The number of fused-ring (bicyclic) bond motifs is 4. The Morgan fingerprint density at radius 3 is 1.39 bits per heavy atom. The second-order valence-electron chi connectivity index (χ2n) is 34.5. The fraction of sp³-hybridized carbons (Fsp3) is 0.210. The van der Waals surface area contributed by atoms with Crippen molar-refractivity contribution in [3.05, 3.63) is 352 Å². The molecule has 0 aliphatic heterocycles. The first-order chi connectivity index (χ1) is 64.6. The number of imidazole rings is 4. The van der Waals surface area contributed by atoms with Gasteiger partial charge in [-0.25, -0.2) is 43.1 Å². The van der Waals surface area contributed by atoms with Crippen LogP contribution in [0.3, 0.4) is 0 Å². The fourth-order valence-corrected chi connectivity index (χ4v) is 16.7. The molecule has 1 amide bonds. The van der Waals surface area contributed by atoms with Crippen LogP contribution < -0.4 is 11.3 Å². The number of aromatic nitrogens is 22. The number of halogens is 3. The van der Waals surface area contributed by atoms with Crippen molar-refractivity contribution in [1.82, 2.24) is 108 Å². The van der Waals surface area contributed by atoms with Crippen molar-refractivity contribution < 1.29 is 18.0 Å². The fourth-order valence-electron chi connectivity index (χ4n) is 16.7. The number of nitrogens with two attached hydrogens (primary N) is 1. The van der Waals surface area contributed by atoms with Crippen molar-refractivity contribution in [1.29, 1.82) is 0 Å². The summed E-state index contributed by atoms with van der Waals surface area (Å²) in [4.78, 5) is 79.8. The topological polar surface area (TPSA) is 316 Å². The van der Waals surface area contributed by atoms with Gasteiger partial charge in [-0.2, -0.15) is 20.4 Å². The molecule has 664 valence electrons. The molecule has 8 aromatic carbocycles. The Labute approximate surface area is 763 Å². The third kappa shape index (κ3) is 19.9. The zero-order valence-corrected chi connectivity index (χ0v) is 74.5. The van der Waals surface area contributed by atoms with E-state index in [2.05, 4.69) is 131 Å². The van der Waals surface area contributed by atoms with Crippen LogP contribution in [0, 0.1) is 38.2 Å². The summed E-state index contributed by atoms with van der Waals surface area (Å²) >= 11 is 0. The lowest BCUT2D eigenvalue weighted by atomic mass is 10.1. The largest absolute Gasteiger partial charge is 0.364 e. The molecule has 25 nitrogen and oxygen atoms in total. The molecule has 22 rings (SSSR count). The van der Waals surface area contributed by atoms with E-state index < -0.39 is 5.91 Å². The van der Waals surface area contributed by atoms with E-state index in [-0.39, 0.29) is 28.7 Å². The minimum Gasteiger partial charge on any atom is -0.364 e. The van der Waals surface area contributed by atoms with E-state index in [0.29, 0.717) is 84.2 Å². The Balaban J connectivity index is 0.000000115. The number of carbonyl (C=O) groups is 1. The molecule has 0 atom stereocenters. The Hall–Kier alpha value is -16.0. The summed E-state index contributed by atoms with van der Waals surface area (Å²) in [6, 6.07) is 66.7. The molecule has 12 aromatic heterocycles. The first kappa shape index (κ1) is 86.4. The van der Waals surface area contributed by atoms with Gasteiger partial charge in [-0.15, -0.1) is 0 Å². The van der Waals surface area contributed by atoms with Gasteiger partial charge in [0.25, 0.3) is 11.5 Å². The number of nitrogens with one attached hydrogen (secondary N) is 4. The molecule has 0 bridgehead atoms. The van der Waals surface area contributed by atoms with Crippen LogP contribution in [0.2, 0.25) is 0 Å². The molecule has 2 fully saturated rings. The summed E-state index contributed by atoms with van der Waals surface area (Å²) < 4.78 is 51.0. The molecular weight excluding hydrogens is 1670 g/mol. The van der Waals surface area contributed by atoms with Crippen LogP contribution in [-0.2, 0) is 65.5 Å². The third-order valence-electron chi connectivity index (χ3n) is 23.8. The molecule has 6 N–H and O–H groups in total. The Morgan fingerprint density at radius 2 is 0.895 bits per heavy atom. The number of benzene rings is 8. The minimum atomic E-state index is -0.629. The van der Waals surface area contributed by atoms with Crippen LogP contribution >= 0.6 is 0 Å². The predicted octanol–water partition coefficient (Wildman–Crippen LogP) is 20.4. The van der Waals surface area contributed by atoms with Gasteiger partial charge in [-0.3, -0.25) is 43.3 Å². The van der Waals surface area contributed by atoms with E-state index in [1.54, 1.807) is 36.1 Å². The van der Waals surface area contributed by atoms with Gasteiger partial charge in [0, 0.05) is 116 Å². The minimum absolute atomic E-state index is 0.103. The molecule has 20 aromatic rings. The number of pyridine rings is 2. The predicted molar refractivity (Wildman–Crippen MR) is 511 cm³/mol. The molecule has 0 saturated heterocycles. The molecule has 0 radical (unpaired) electrons. The van der Waals surface area contributed by atoms with E-state index >= 15 is 0 Å². The average molecular weight is 1770 g/mol. The van der Waals surface area contributed by atoms with Crippen molar-refractivity contribution >= 4 is 49.6 Å². The average Bonchev–Trinajstić information content (AvgIpc) is 1.63. The highest BCUT2D eigenvalue weighted by atomic mass is 19.1. The zero-order chi connectivity index (χ0) is 91.5. The molecule has 0 spiro atoms. The van der Waals surface area contributed by atoms with Gasteiger partial charge in [0.1, 0.15) is 69.2 Å². The molecule has 133 heavy (non-hydrogen) atoms. The van der Waals surface area contributed by atoms with Gasteiger partial charge in [0.15, 0.2) is 0 Å². The van der Waals surface area contributed by atoms with Gasteiger partial charge < -0.3 is 30.2 Å². The van der Waals surface area contributed by atoms with E-state index in [1.165, 1.54) is 46.4 Å². The molecule has 0 unspecified atom stereocenters. The lowest BCUT2D eigenvalue weighted by Crippen LogP contribution is -2.16. The number of amides is 1. The number of hydrogen-bond donors (Lipinski definition) is 5. The zero-order valence-electron chi connectivity index (χ0n) is 74.5. The summed E-state index contributed by atoms with van der Waals surface area (Å²) in [5, 5.41) is 21.6. The third-order valence-corrected chi connectivity index (χ3v) is 23.8. The van der Waals surface area contributed by atoms with Crippen LogP contribution in [0.15, 0.2) is 261 Å². The summed E-state index contributed by atoms with van der Waals surface area (Å²) in [5.74, 6) is 2.08.